The van der Waals surface area contributed by atoms with Crippen LogP contribution >= 0.6 is 0 Å². The molecule has 0 radical (unpaired) electrons. The van der Waals surface area contributed by atoms with Gasteiger partial charge in [0.15, 0.2) is 5.76 Å². The number of benzene rings is 3. The van der Waals surface area contributed by atoms with E-state index >= 15 is 0 Å². The van der Waals surface area contributed by atoms with Gasteiger partial charge in [0.05, 0.1) is 5.56 Å². The predicted octanol–water partition coefficient (Wildman–Crippen LogP) is 5.89. The van der Waals surface area contributed by atoms with Gasteiger partial charge in [-0.15, -0.1) is 0 Å². The first kappa shape index (κ1) is 21.7. The van der Waals surface area contributed by atoms with Gasteiger partial charge in [0, 0.05) is 53.9 Å². The van der Waals surface area contributed by atoms with E-state index in [2.05, 4.69) is 45.9 Å². The molecule has 0 saturated heterocycles. The van der Waals surface area contributed by atoms with E-state index < -0.39 is 0 Å². The van der Waals surface area contributed by atoms with Crippen LogP contribution in [0.2, 0.25) is 0 Å². The van der Waals surface area contributed by atoms with Crippen molar-refractivity contribution in [3.05, 3.63) is 100 Å². The number of fused-ring (bicyclic) bond motifs is 3. The lowest BCUT2D eigenvalue weighted by atomic mass is 9.99. The average Bonchev–Trinajstić information content (AvgIpc) is 3.37. The minimum atomic E-state index is -0.0694. The molecular formula is C30H28N2O3. The lowest BCUT2D eigenvalue weighted by Gasteiger charge is -2.30. The number of aromatic nitrogens is 1. The molecule has 1 aromatic heterocycles. The Balaban J connectivity index is 1.23. The summed E-state index contributed by atoms with van der Waals surface area (Å²) in [6, 6.07) is 20.7. The maximum absolute atomic E-state index is 13.3. The van der Waals surface area contributed by atoms with Crippen molar-refractivity contribution in [2.45, 2.75) is 26.3 Å². The predicted molar refractivity (Wildman–Crippen MR) is 138 cm³/mol. The third kappa shape index (κ3) is 3.92. The summed E-state index contributed by atoms with van der Waals surface area (Å²) >= 11 is 0. The Morgan fingerprint density at radius 3 is 2.69 bits per heavy atom. The SMILES string of the molecule is Cc1c2c(cc3c1O/C(=C\c1cn(C)c4ccccc14)C3=O)CN(CCCc1ccccc1)CO2. The number of nitrogens with zero attached hydrogens (tertiary/aromatic N) is 2. The molecule has 0 bridgehead atoms. The van der Waals surface area contributed by atoms with Crippen molar-refractivity contribution in [3.8, 4) is 11.5 Å². The van der Waals surface area contributed by atoms with Gasteiger partial charge in [-0.1, -0.05) is 48.5 Å². The van der Waals surface area contributed by atoms with Gasteiger partial charge in [0.25, 0.3) is 0 Å². The van der Waals surface area contributed by atoms with Crippen molar-refractivity contribution >= 4 is 22.8 Å². The highest BCUT2D eigenvalue weighted by Crippen LogP contribution is 2.43. The number of ketones is 1. The Labute approximate surface area is 205 Å². The first-order valence-electron chi connectivity index (χ1n) is 12.1. The second-order valence-electron chi connectivity index (χ2n) is 9.43. The minimum Gasteiger partial charge on any atom is -0.477 e. The van der Waals surface area contributed by atoms with Crippen molar-refractivity contribution in [2.75, 3.05) is 13.3 Å². The summed E-state index contributed by atoms with van der Waals surface area (Å²) in [5.41, 5.74) is 6.03. The van der Waals surface area contributed by atoms with Gasteiger partial charge >= 0.3 is 0 Å². The molecular weight excluding hydrogens is 436 g/mol. The van der Waals surface area contributed by atoms with Crippen LogP contribution < -0.4 is 9.47 Å². The van der Waals surface area contributed by atoms with Crippen LogP contribution in [-0.4, -0.2) is 28.5 Å². The van der Waals surface area contributed by atoms with E-state index in [0.29, 0.717) is 23.8 Å². The summed E-state index contributed by atoms with van der Waals surface area (Å²) in [5, 5.41) is 1.10. The topological polar surface area (TPSA) is 43.7 Å². The molecule has 0 unspecified atom stereocenters. The third-order valence-corrected chi connectivity index (χ3v) is 7.00. The fourth-order valence-electron chi connectivity index (χ4n) is 5.22. The normalized spacial score (nSPS) is 16.3. The number of rotatable bonds is 5. The average molecular weight is 465 g/mol. The molecule has 5 nitrogen and oxygen atoms in total. The zero-order valence-electron chi connectivity index (χ0n) is 20.1. The van der Waals surface area contributed by atoms with Gasteiger partial charge in [-0.05, 0) is 43.5 Å². The summed E-state index contributed by atoms with van der Waals surface area (Å²) in [6.45, 7) is 4.25. The van der Waals surface area contributed by atoms with E-state index in [4.69, 9.17) is 9.47 Å². The molecule has 5 heteroatoms. The Hall–Kier alpha value is -3.83. The fourth-order valence-corrected chi connectivity index (χ4v) is 5.22. The zero-order chi connectivity index (χ0) is 23.9. The number of aryl methyl sites for hydroxylation is 2. The summed E-state index contributed by atoms with van der Waals surface area (Å²) < 4.78 is 14.4. The van der Waals surface area contributed by atoms with E-state index in [1.807, 2.05) is 50.5 Å². The van der Waals surface area contributed by atoms with Crippen molar-refractivity contribution in [2.24, 2.45) is 7.05 Å². The van der Waals surface area contributed by atoms with E-state index in [9.17, 15) is 4.79 Å². The van der Waals surface area contributed by atoms with Crippen LogP contribution in [0, 0.1) is 6.92 Å². The van der Waals surface area contributed by atoms with Crippen LogP contribution in [0.15, 0.2) is 72.6 Å². The van der Waals surface area contributed by atoms with Crippen molar-refractivity contribution in [1.82, 2.24) is 9.47 Å². The van der Waals surface area contributed by atoms with Gasteiger partial charge in [0.2, 0.25) is 5.78 Å². The van der Waals surface area contributed by atoms with Gasteiger partial charge < -0.3 is 14.0 Å². The first-order valence-corrected chi connectivity index (χ1v) is 12.1. The molecule has 0 saturated carbocycles. The molecule has 176 valence electrons. The number of hydrogen-bond acceptors (Lipinski definition) is 4. The van der Waals surface area contributed by atoms with E-state index in [-0.39, 0.29) is 5.78 Å². The molecule has 0 aliphatic carbocycles. The highest BCUT2D eigenvalue weighted by molar-refractivity contribution is 6.15. The fraction of sp³-hybridized carbons (Fsp3) is 0.233. The zero-order valence-corrected chi connectivity index (χ0v) is 20.1. The number of Topliss-reactive ketones (excluding diaryl/α,β-unsaturated/α-hetero) is 1. The summed E-state index contributed by atoms with van der Waals surface area (Å²) in [7, 11) is 2.01. The van der Waals surface area contributed by atoms with Crippen LogP contribution in [0.5, 0.6) is 11.5 Å². The smallest absolute Gasteiger partial charge is 0.231 e. The molecule has 0 atom stereocenters. The summed E-state index contributed by atoms with van der Waals surface area (Å²) in [5.74, 6) is 1.77. The number of carbonyl (C=O) groups is 1. The molecule has 4 aromatic rings. The van der Waals surface area contributed by atoms with Crippen LogP contribution in [0.25, 0.3) is 17.0 Å². The molecule has 3 aromatic carbocycles. The van der Waals surface area contributed by atoms with E-state index in [1.54, 1.807) is 0 Å². The van der Waals surface area contributed by atoms with E-state index in [1.165, 1.54) is 5.56 Å². The maximum Gasteiger partial charge on any atom is 0.231 e. The Bertz CT molecular complexity index is 1470. The lowest BCUT2D eigenvalue weighted by Crippen LogP contribution is -2.33. The third-order valence-electron chi connectivity index (χ3n) is 7.00. The molecule has 0 fully saturated rings. The highest BCUT2D eigenvalue weighted by Gasteiger charge is 2.33. The molecule has 0 spiro atoms. The quantitative estimate of drug-likeness (QED) is 0.346. The highest BCUT2D eigenvalue weighted by atomic mass is 16.5. The number of allylic oxidation sites excluding steroid dienone is 1. The van der Waals surface area contributed by atoms with Crippen LogP contribution in [0.1, 0.15) is 39.0 Å². The first-order chi connectivity index (χ1) is 17.1. The number of carbonyl (C=O) groups excluding carboxylic acids is 1. The molecule has 6 rings (SSSR count). The van der Waals surface area contributed by atoms with Crippen LogP contribution in [0.4, 0.5) is 0 Å². The monoisotopic (exact) mass is 464 g/mol. The Kier molecular flexibility index (Phi) is 5.42. The van der Waals surface area contributed by atoms with Crippen LogP contribution in [0.3, 0.4) is 0 Å². The van der Waals surface area contributed by atoms with Crippen molar-refractivity contribution in [1.29, 1.82) is 0 Å². The molecule has 2 aliphatic heterocycles. The Morgan fingerprint density at radius 2 is 1.83 bits per heavy atom. The largest absolute Gasteiger partial charge is 0.477 e. The molecule has 3 heterocycles. The maximum atomic E-state index is 13.3. The van der Waals surface area contributed by atoms with Gasteiger partial charge in [-0.2, -0.15) is 0 Å². The number of ether oxygens (including phenoxy) is 2. The number of para-hydroxylation sites is 1. The van der Waals surface area contributed by atoms with Gasteiger partial charge in [-0.3, -0.25) is 9.69 Å². The summed E-state index contributed by atoms with van der Waals surface area (Å²) in [4.78, 5) is 15.6. The second kappa shape index (κ2) is 8.75. The van der Waals surface area contributed by atoms with Crippen LogP contribution in [-0.2, 0) is 20.0 Å². The number of hydrogen-bond donors (Lipinski definition) is 0. The van der Waals surface area contributed by atoms with E-state index in [0.717, 1.165) is 59.3 Å². The minimum absolute atomic E-state index is 0.0694. The Morgan fingerprint density at radius 1 is 1.03 bits per heavy atom. The molecule has 0 amide bonds. The van der Waals surface area contributed by atoms with Crippen molar-refractivity contribution in [3.63, 3.8) is 0 Å². The van der Waals surface area contributed by atoms with Gasteiger partial charge in [-0.25, -0.2) is 0 Å². The molecule has 35 heavy (non-hydrogen) atoms. The standard InChI is InChI=1S/C30H28N2O3/c1-20-29-23(18-32(19-34-29)14-8-11-21-9-4-3-5-10-21)15-25-28(33)27(35-30(20)25)16-22-17-31(2)26-13-7-6-12-24(22)26/h3-7,9-10,12-13,15-17H,8,11,14,18-19H2,1-2H3/b27-16-. The van der Waals surface area contributed by atoms with Gasteiger partial charge in [0.1, 0.15) is 18.2 Å². The molecule has 2 aliphatic rings. The molecule has 0 N–H and O–H groups in total. The van der Waals surface area contributed by atoms with Crippen molar-refractivity contribution < 1.29 is 14.3 Å². The second-order valence-corrected chi connectivity index (χ2v) is 9.43. The lowest BCUT2D eigenvalue weighted by molar-refractivity contribution is 0.0932. The summed E-state index contributed by atoms with van der Waals surface area (Å²) in [6.07, 6.45) is 6.00.